The van der Waals surface area contributed by atoms with Gasteiger partial charge in [-0.15, -0.1) is 0 Å². The number of fused-ring (bicyclic) bond motifs is 1. The van der Waals surface area contributed by atoms with Gasteiger partial charge in [0.25, 0.3) is 0 Å². The van der Waals surface area contributed by atoms with Gasteiger partial charge in [0.1, 0.15) is 12.4 Å². The second kappa shape index (κ2) is 8.31. The number of ether oxygens (including phenoxy) is 3. The smallest absolute Gasteiger partial charge is 0.246 e. The normalized spacial score (nSPS) is 20.4. The van der Waals surface area contributed by atoms with E-state index in [2.05, 4.69) is 11.4 Å². The molecular formula is C18H25NO4. The van der Waals surface area contributed by atoms with E-state index < -0.39 is 0 Å². The highest BCUT2D eigenvalue weighted by molar-refractivity contribution is 5.77. The van der Waals surface area contributed by atoms with Crippen molar-refractivity contribution in [3.63, 3.8) is 0 Å². The van der Waals surface area contributed by atoms with Gasteiger partial charge in [-0.2, -0.15) is 0 Å². The van der Waals surface area contributed by atoms with Crippen LogP contribution in [0, 0.1) is 0 Å². The number of benzene rings is 1. The molecule has 2 aliphatic heterocycles. The van der Waals surface area contributed by atoms with Crippen molar-refractivity contribution in [3.05, 3.63) is 29.3 Å². The van der Waals surface area contributed by atoms with E-state index in [4.69, 9.17) is 14.2 Å². The number of rotatable bonds is 6. The van der Waals surface area contributed by atoms with Gasteiger partial charge in [-0.1, -0.05) is 12.1 Å². The van der Waals surface area contributed by atoms with Crippen LogP contribution < -0.4 is 10.1 Å². The van der Waals surface area contributed by atoms with Gasteiger partial charge in [-0.05, 0) is 49.3 Å². The van der Waals surface area contributed by atoms with Crippen LogP contribution in [0.5, 0.6) is 5.75 Å². The van der Waals surface area contributed by atoms with Crippen molar-refractivity contribution in [2.75, 3.05) is 26.4 Å². The monoisotopic (exact) mass is 319 g/mol. The molecule has 126 valence electrons. The topological polar surface area (TPSA) is 56.8 Å². The Kier molecular flexibility index (Phi) is 5.88. The highest BCUT2D eigenvalue weighted by Gasteiger charge is 2.14. The molecule has 1 saturated heterocycles. The van der Waals surface area contributed by atoms with Crippen LogP contribution in [0.25, 0.3) is 0 Å². The molecule has 1 amide bonds. The van der Waals surface area contributed by atoms with Crippen molar-refractivity contribution < 1.29 is 19.0 Å². The molecule has 0 saturated carbocycles. The Morgan fingerprint density at radius 3 is 3.09 bits per heavy atom. The minimum absolute atomic E-state index is 0.0882. The summed E-state index contributed by atoms with van der Waals surface area (Å²) in [5, 5.41) is 2.90. The van der Waals surface area contributed by atoms with Crippen molar-refractivity contribution in [1.29, 1.82) is 0 Å². The first kappa shape index (κ1) is 16.3. The second-order valence-corrected chi connectivity index (χ2v) is 6.17. The summed E-state index contributed by atoms with van der Waals surface area (Å²) in [6.45, 7) is 2.72. The molecule has 0 aliphatic carbocycles. The van der Waals surface area contributed by atoms with E-state index in [1.165, 1.54) is 12.0 Å². The Bertz CT molecular complexity index is 526. The zero-order valence-corrected chi connectivity index (χ0v) is 13.5. The summed E-state index contributed by atoms with van der Waals surface area (Å²) >= 11 is 0. The lowest BCUT2D eigenvalue weighted by molar-refractivity contribution is -0.128. The zero-order valence-electron chi connectivity index (χ0n) is 13.5. The number of aryl methyl sites for hydroxylation is 1. The molecular weight excluding hydrogens is 294 g/mol. The van der Waals surface area contributed by atoms with E-state index in [9.17, 15) is 4.79 Å². The van der Waals surface area contributed by atoms with E-state index >= 15 is 0 Å². The third-order valence-corrected chi connectivity index (χ3v) is 4.27. The standard InChI is InChI=1S/C18H25NO4/c20-18(13-21-12-16-5-1-2-8-22-16)19-11-14-6-7-17-15(10-14)4-3-9-23-17/h6-7,10,16H,1-5,8-9,11-13H2,(H,19,20)/t16-/m1/s1. The van der Waals surface area contributed by atoms with Gasteiger partial charge < -0.3 is 19.5 Å². The molecule has 1 N–H and O–H groups in total. The molecule has 1 fully saturated rings. The van der Waals surface area contributed by atoms with E-state index in [0.29, 0.717) is 13.2 Å². The van der Waals surface area contributed by atoms with E-state index in [0.717, 1.165) is 50.2 Å². The maximum atomic E-state index is 11.8. The predicted molar refractivity (Wildman–Crippen MR) is 86.5 cm³/mol. The molecule has 0 bridgehead atoms. The van der Waals surface area contributed by atoms with Gasteiger partial charge in [-0.25, -0.2) is 0 Å². The van der Waals surface area contributed by atoms with Crippen LogP contribution >= 0.6 is 0 Å². The Morgan fingerprint density at radius 2 is 2.22 bits per heavy atom. The summed E-state index contributed by atoms with van der Waals surface area (Å²) in [5.74, 6) is 0.886. The largest absolute Gasteiger partial charge is 0.493 e. The maximum absolute atomic E-state index is 11.8. The van der Waals surface area contributed by atoms with Gasteiger partial charge >= 0.3 is 0 Å². The van der Waals surface area contributed by atoms with Crippen molar-refractivity contribution in [2.45, 2.75) is 44.8 Å². The van der Waals surface area contributed by atoms with Gasteiger partial charge in [0.2, 0.25) is 5.91 Å². The summed E-state index contributed by atoms with van der Waals surface area (Å²) in [4.78, 5) is 11.8. The summed E-state index contributed by atoms with van der Waals surface area (Å²) in [7, 11) is 0. The van der Waals surface area contributed by atoms with Crippen LogP contribution in [0.4, 0.5) is 0 Å². The fourth-order valence-corrected chi connectivity index (χ4v) is 3.00. The summed E-state index contributed by atoms with van der Waals surface area (Å²) in [6.07, 6.45) is 5.59. The van der Waals surface area contributed by atoms with Gasteiger partial charge in [0.05, 0.1) is 19.3 Å². The second-order valence-electron chi connectivity index (χ2n) is 6.17. The number of carbonyl (C=O) groups excluding carboxylic acids is 1. The number of amides is 1. The van der Waals surface area contributed by atoms with Crippen LogP contribution in [-0.4, -0.2) is 38.4 Å². The van der Waals surface area contributed by atoms with Crippen LogP contribution in [0.2, 0.25) is 0 Å². The minimum Gasteiger partial charge on any atom is -0.493 e. The average molecular weight is 319 g/mol. The average Bonchev–Trinajstić information content (AvgIpc) is 2.61. The molecule has 0 unspecified atom stereocenters. The first-order valence-corrected chi connectivity index (χ1v) is 8.52. The molecule has 5 heteroatoms. The summed E-state index contributed by atoms with van der Waals surface area (Å²) < 4.78 is 16.6. The quantitative estimate of drug-likeness (QED) is 0.873. The molecule has 23 heavy (non-hydrogen) atoms. The molecule has 3 rings (SSSR count). The molecule has 5 nitrogen and oxygen atoms in total. The molecule has 1 aromatic carbocycles. The molecule has 0 radical (unpaired) electrons. The summed E-state index contributed by atoms with van der Waals surface area (Å²) in [5.41, 5.74) is 2.33. The number of hydrogen-bond donors (Lipinski definition) is 1. The molecule has 1 aromatic rings. The molecule has 0 aromatic heterocycles. The van der Waals surface area contributed by atoms with Crippen molar-refractivity contribution in [2.24, 2.45) is 0 Å². The van der Waals surface area contributed by atoms with Crippen LogP contribution in [0.15, 0.2) is 18.2 Å². The maximum Gasteiger partial charge on any atom is 0.246 e. The fourth-order valence-electron chi connectivity index (χ4n) is 3.00. The van der Waals surface area contributed by atoms with Crippen LogP contribution in [0.1, 0.15) is 36.8 Å². The van der Waals surface area contributed by atoms with Crippen molar-refractivity contribution in [3.8, 4) is 5.75 Å². The van der Waals surface area contributed by atoms with Crippen molar-refractivity contribution in [1.82, 2.24) is 5.32 Å². The molecule has 0 spiro atoms. The van der Waals surface area contributed by atoms with Gasteiger partial charge in [0, 0.05) is 13.2 Å². The Hall–Kier alpha value is -1.59. The highest BCUT2D eigenvalue weighted by atomic mass is 16.5. The Labute approximate surface area is 137 Å². The molecule has 1 atom stereocenters. The summed E-state index contributed by atoms with van der Waals surface area (Å²) in [6, 6.07) is 6.11. The first-order valence-electron chi connectivity index (χ1n) is 8.52. The number of nitrogens with one attached hydrogen (secondary N) is 1. The van der Waals surface area contributed by atoms with E-state index in [-0.39, 0.29) is 18.6 Å². The molecule has 2 heterocycles. The number of carbonyl (C=O) groups is 1. The lowest BCUT2D eigenvalue weighted by atomic mass is 10.0. The third kappa shape index (κ3) is 4.94. The lowest BCUT2D eigenvalue weighted by Gasteiger charge is -2.22. The highest BCUT2D eigenvalue weighted by Crippen LogP contribution is 2.25. The fraction of sp³-hybridized carbons (Fsp3) is 0.611. The predicted octanol–water partition coefficient (Wildman–Crippen LogP) is 2.21. The number of hydrogen-bond acceptors (Lipinski definition) is 4. The van der Waals surface area contributed by atoms with E-state index in [1.807, 2.05) is 12.1 Å². The SMILES string of the molecule is O=C(COC[C@H]1CCCCO1)NCc1ccc2c(c1)CCCO2. The van der Waals surface area contributed by atoms with Crippen molar-refractivity contribution >= 4 is 5.91 Å². The third-order valence-electron chi connectivity index (χ3n) is 4.27. The Morgan fingerprint density at radius 1 is 1.26 bits per heavy atom. The van der Waals surface area contributed by atoms with Crippen LogP contribution in [0.3, 0.4) is 0 Å². The van der Waals surface area contributed by atoms with Gasteiger partial charge in [0.15, 0.2) is 0 Å². The minimum atomic E-state index is -0.0882. The zero-order chi connectivity index (χ0) is 15.9. The lowest BCUT2D eigenvalue weighted by Crippen LogP contribution is -2.30. The first-order chi connectivity index (χ1) is 11.3. The van der Waals surface area contributed by atoms with Crippen LogP contribution in [-0.2, 0) is 27.2 Å². The molecule has 2 aliphatic rings. The van der Waals surface area contributed by atoms with Gasteiger partial charge in [-0.3, -0.25) is 4.79 Å². The Balaban J connectivity index is 1.37. The van der Waals surface area contributed by atoms with E-state index in [1.54, 1.807) is 0 Å².